The smallest absolute Gasteiger partial charge is 0.265 e. The third kappa shape index (κ3) is 5.77. The number of benzene rings is 3. The first-order valence-electron chi connectivity index (χ1n) is 9.83. The summed E-state index contributed by atoms with van der Waals surface area (Å²) in [5.41, 5.74) is 1.74. The molecule has 156 valence electrons. The molecule has 0 saturated heterocycles. The van der Waals surface area contributed by atoms with E-state index in [9.17, 15) is 4.79 Å². The number of halogens is 1. The number of carbonyl (C=O) groups is 1. The molecule has 3 aromatic rings. The lowest BCUT2D eigenvalue weighted by molar-refractivity contribution is -0.122. The van der Waals surface area contributed by atoms with Gasteiger partial charge in [-0.2, -0.15) is 0 Å². The second-order valence-corrected chi connectivity index (χ2v) is 8.52. The van der Waals surface area contributed by atoms with E-state index in [4.69, 9.17) is 21.1 Å². The highest BCUT2D eigenvalue weighted by Gasteiger charge is 2.18. The molecule has 0 spiro atoms. The zero-order valence-electron chi connectivity index (χ0n) is 17.6. The number of amides is 1. The standard InChI is InChI=1S/C25H26ClNO3/c1-17(29-21-13-10-18(11-14-21)25(2,3)4)24(28)27-22-16-19(26)12-15-23(22)30-20-8-6-5-7-9-20/h5-17H,1-4H3,(H,27,28)/t17-/m0/s1. The number of nitrogens with one attached hydrogen (secondary N) is 1. The molecule has 5 heteroatoms. The fraction of sp³-hybridized carbons (Fsp3) is 0.240. The maximum Gasteiger partial charge on any atom is 0.265 e. The van der Waals surface area contributed by atoms with Crippen LogP contribution in [0.4, 0.5) is 5.69 Å². The fourth-order valence-corrected chi connectivity index (χ4v) is 3.00. The van der Waals surface area contributed by atoms with Crippen molar-refractivity contribution in [3.8, 4) is 17.2 Å². The van der Waals surface area contributed by atoms with E-state index in [1.54, 1.807) is 25.1 Å². The quantitative estimate of drug-likeness (QED) is 0.472. The van der Waals surface area contributed by atoms with Gasteiger partial charge in [-0.1, -0.05) is 62.7 Å². The van der Waals surface area contributed by atoms with E-state index < -0.39 is 6.10 Å². The van der Waals surface area contributed by atoms with Gasteiger partial charge in [-0.05, 0) is 60.4 Å². The molecule has 0 bridgehead atoms. The fourth-order valence-electron chi connectivity index (χ4n) is 2.83. The SMILES string of the molecule is C[C@H](Oc1ccc(C(C)(C)C)cc1)C(=O)Nc1cc(Cl)ccc1Oc1ccccc1. The van der Waals surface area contributed by atoms with Crippen LogP contribution < -0.4 is 14.8 Å². The van der Waals surface area contributed by atoms with E-state index >= 15 is 0 Å². The van der Waals surface area contributed by atoms with Gasteiger partial charge in [-0.25, -0.2) is 0 Å². The molecule has 30 heavy (non-hydrogen) atoms. The minimum absolute atomic E-state index is 0.0588. The average molecular weight is 424 g/mol. The highest BCUT2D eigenvalue weighted by molar-refractivity contribution is 6.31. The van der Waals surface area contributed by atoms with Crippen molar-refractivity contribution in [2.45, 2.75) is 39.2 Å². The lowest BCUT2D eigenvalue weighted by Gasteiger charge is -2.20. The zero-order valence-corrected chi connectivity index (χ0v) is 18.4. The van der Waals surface area contributed by atoms with Crippen LogP contribution in [0.3, 0.4) is 0 Å². The summed E-state index contributed by atoms with van der Waals surface area (Å²) in [6.07, 6.45) is -0.700. The van der Waals surface area contributed by atoms with Crippen molar-refractivity contribution in [2.24, 2.45) is 0 Å². The van der Waals surface area contributed by atoms with Crippen molar-refractivity contribution >= 4 is 23.2 Å². The van der Waals surface area contributed by atoms with Crippen molar-refractivity contribution in [3.63, 3.8) is 0 Å². The summed E-state index contributed by atoms with van der Waals surface area (Å²) in [7, 11) is 0. The number of hydrogen-bond donors (Lipinski definition) is 1. The van der Waals surface area contributed by atoms with Crippen LogP contribution >= 0.6 is 11.6 Å². The Morgan fingerprint density at radius 2 is 1.60 bits per heavy atom. The van der Waals surface area contributed by atoms with Crippen LogP contribution in [0.5, 0.6) is 17.2 Å². The minimum atomic E-state index is -0.700. The molecule has 0 aliphatic heterocycles. The maximum atomic E-state index is 12.7. The van der Waals surface area contributed by atoms with Crippen molar-refractivity contribution in [1.82, 2.24) is 0 Å². The highest BCUT2D eigenvalue weighted by atomic mass is 35.5. The first kappa shape index (κ1) is 21.7. The molecular formula is C25H26ClNO3. The molecule has 1 amide bonds. The van der Waals surface area contributed by atoms with Crippen molar-refractivity contribution in [3.05, 3.63) is 83.4 Å². The van der Waals surface area contributed by atoms with Crippen LogP contribution in [0.15, 0.2) is 72.8 Å². The van der Waals surface area contributed by atoms with Gasteiger partial charge in [0, 0.05) is 5.02 Å². The summed E-state index contributed by atoms with van der Waals surface area (Å²) < 4.78 is 11.7. The van der Waals surface area contributed by atoms with Crippen molar-refractivity contribution in [1.29, 1.82) is 0 Å². The molecule has 0 unspecified atom stereocenters. The largest absolute Gasteiger partial charge is 0.481 e. The van der Waals surface area contributed by atoms with Crippen molar-refractivity contribution in [2.75, 3.05) is 5.32 Å². The Morgan fingerprint density at radius 1 is 0.933 bits per heavy atom. The van der Waals surface area contributed by atoms with Crippen LogP contribution in [0.1, 0.15) is 33.3 Å². The Balaban J connectivity index is 1.70. The van der Waals surface area contributed by atoms with E-state index in [2.05, 4.69) is 26.1 Å². The summed E-state index contributed by atoms with van der Waals surface area (Å²) >= 11 is 6.13. The lowest BCUT2D eigenvalue weighted by Crippen LogP contribution is -2.30. The highest BCUT2D eigenvalue weighted by Crippen LogP contribution is 2.32. The number of carbonyl (C=O) groups excluding carboxylic acids is 1. The molecule has 1 atom stereocenters. The van der Waals surface area contributed by atoms with Gasteiger partial charge in [0.25, 0.3) is 5.91 Å². The second kappa shape index (κ2) is 9.23. The van der Waals surface area contributed by atoms with Gasteiger partial charge in [0.2, 0.25) is 0 Å². The van der Waals surface area contributed by atoms with Crippen LogP contribution in [0, 0.1) is 0 Å². The predicted octanol–water partition coefficient (Wildman–Crippen LogP) is 6.84. The third-order valence-corrected chi connectivity index (χ3v) is 4.81. The van der Waals surface area contributed by atoms with Gasteiger partial charge in [0.05, 0.1) is 5.69 Å². The van der Waals surface area contributed by atoms with Gasteiger partial charge < -0.3 is 14.8 Å². The monoisotopic (exact) mass is 423 g/mol. The topological polar surface area (TPSA) is 47.6 Å². The van der Waals surface area contributed by atoms with Gasteiger partial charge >= 0.3 is 0 Å². The van der Waals surface area contributed by atoms with E-state index in [1.807, 2.05) is 54.6 Å². The normalized spacial score (nSPS) is 12.2. The molecule has 0 radical (unpaired) electrons. The second-order valence-electron chi connectivity index (χ2n) is 8.08. The number of para-hydroxylation sites is 1. The first-order valence-corrected chi connectivity index (χ1v) is 10.2. The number of anilines is 1. The Bertz CT molecular complexity index is 995. The van der Waals surface area contributed by atoms with Gasteiger partial charge in [-0.15, -0.1) is 0 Å². The molecule has 0 fully saturated rings. The van der Waals surface area contributed by atoms with Crippen LogP contribution in [0.2, 0.25) is 5.02 Å². The Morgan fingerprint density at radius 3 is 2.23 bits per heavy atom. The summed E-state index contributed by atoms with van der Waals surface area (Å²) in [5, 5.41) is 3.35. The van der Waals surface area contributed by atoms with E-state index in [0.717, 1.165) is 0 Å². The third-order valence-electron chi connectivity index (χ3n) is 4.57. The van der Waals surface area contributed by atoms with Crippen LogP contribution in [0.25, 0.3) is 0 Å². The molecule has 4 nitrogen and oxygen atoms in total. The lowest BCUT2D eigenvalue weighted by atomic mass is 9.87. The molecule has 0 aromatic heterocycles. The number of ether oxygens (including phenoxy) is 2. The van der Waals surface area contributed by atoms with Crippen LogP contribution in [-0.2, 0) is 10.2 Å². The summed E-state index contributed by atoms with van der Waals surface area (Å²) in [5.74, 6) is 1.51. The average Bonchev–Trinajstić information content (AvgIpc) is 2.70. The van der Waals surface area contributed by atoms with Crippen LogP contribution in [-0.4, -0.2) is 12.0 Å². The van der Waals surface area contributed by atoms with E-state index in [-0.39, 0.29) is 11.3 Å². The molecule has 3 aromatic carbocycles. The number of rotatable bonds is 6. The summed E-state index contributed by atoms with van der Waals surface area (Å²) in [4.78, 5) is 12.7. The molecular weight excluding hydrogens is 398 g/mol. The first-order chi connectivity index (χ1) is 14.2. The van der Waals surface area contributed by atoms with E-state index in [1.165, 1.54) is 5.56 Å². The minimum Gasteiger partial charge on any atom is -0.481 e. The Kier molecular flexibility index (Phi) is 6.68. The molecule has 0 aliphatic carbocycles. The molecule has 0 aliphatic rings. The van der Waals surface area contributed by atoms with Crippen molar-refractivity contribution < 1.29 is 14.3 Å². The van der Waals surface area contributed by atoms with Gasteiger partial charge in [0.15, 0.2) is 11.9 Å². The Labute approximate surface area is 182 Å². The predicted molar refractivity (Wildman–Crippen MR) is 122 cm³/mol. The molecule has 0 heterocycles. The summed E-state index contributed by atoms with van der Waals surface area (Å²) in [6, 6.07) is 22.2. The van der Waals surface area contributed by atoms with E-state index in [0.29, 0.717) is 28.0 Å². The molecule has 1 N–H and O–H groups in total. The molecule has 3 rings (SSSR count). The zero-order chi connectivity index (χ0) is 21.7. The molecule has 0 saturated carbocycles. The number of hydrogen-bond acceptors (Lipinski definition) is 3. The van der Waals surface area contributed by atoms with Gasteiger partial charge in [0.1, 0.15) is 11.5 Å². The summed E-state index contributed by atoms with van der Waals surface area (Å²) in [6.45, 7) is 8.16. The maximum absolute atomic E-state index is 12.7. The van der Waals surface area contributed by atoms with Gasteiger partial charge in [-0.3, -0.25) is 4.79 Å². The Hall–Kier alpha value is -2.98.